The molecule has 0 spiro atoms. The third kappa shape index (κ3) is 3.00. The Morgan fingerprint density at radius 1 is 1.05 bits per heavy atom. The highest BCUT2D eigenvalue weighted by atomic mass is 32.1. The molecule has 3 heterocycles. The Hall–Kier alpha value is -0.870. The number of piperidine rings is 2. The van der Waals surface area contributed by atoms with E-state index in [-0.39, 0.29) is 0 Å². The van der Waals surface area contributed by atoms with E-state index in [0.717, 1.165) is 30.3 Å². The first-order chi connectivity index (χ1) is 9.36. The molecule has 0 radical (unpaired) electrons. The molecular weight excluding hydrogens is 256 g/mol. The van der Waals surface area contributed by atoms with Gasteiger partial charge in [-0.05, 0) is 50.9 Å². The van der Waals surface area contributed by atoms with E-state index in [1.54, 1.807) is 11.3 Å². The van der Waals surface area contributed by atoms with Crippen LogP contribution in [0.15, 0.2) is 12.1 Å². The zero-order valence-electron chi connectivity index (χ0n) is 11.4. The van der Waals surface area contributed by atoms with Gasteiger partial charge in [-0.3, -0.25) is 4.79 Å². The zero-order valence-corrected chi connectivity index (χ0v) is 12.2. The zero-order chi connectivity index (χ0) is 13.1. The molecule has 2 aliphatic heterocycles. The van der Waals surface area contributed by atoms with E-state index in [2.05, 4.69) is 15.9 Å². The first kappa shape index (κ1) is 13.1. The number of anilines is 1. The van der Waals surface area contributed by atoms with Gasteiger partial charge < -0.3 is 9.80 Å². The van der Waals surface area contributed by atoms with Gasteiger partial charge in [0.1, 0.15) is 0 Å². The Kier molecular flexibility index (Phi) is 4.18. The molecule has 3 rings (SSSR count). The van der Waals surface area contributed by atoms with Crippen molar-refractivity contribution in [1.29, 1.82) is 0 Å². The second-order valence-electron chi connectivity index (χ2n) is 5.61. The second-order valence-corrected chi connectivity index (χ2v) is 6.70. The van der Waals surface area contributed by atoms with Crippen LogP contribution in [-0.4, -0.2) is 43.4 Å². The van der Waals surface area contributed by atoms with Crippen LogP contribution in [0.4, 0.5) is 5.00 Å². The number of rotatable bonds is 3. The number of thiophene rings is 1. The summed E-state index contributed by atoms with van der Waals surface area (Å²) in [5, 5.41) is 1.26. The van der Waals surface area contributed by atoms with Crippen LogP contribution < -0.4 is 4.90 Å². The highest BCUT2D eigenvalue weighted by Crippen LogP contribution is 2.29. The molecule has 0 aliphatic carbocycles. The molecule has 0 aromatic carbocycles. The van der Waals surface area contributed by atoms with Gasteiger partial charge in [-0.15, -0.1) is 11.3 Å². The molecule has 0 amide bonds. The Morgan fingerprint density at radius 2 is 1.79 bits per heavy atom. The van der Waals surface area contributed by atoms with Gasteiger partial charge in [0.2, 0.25) is 0 Å². The third-order valence-electron chi connectivity index (χ3n) is 4.41. The standard InChI is InChI=1S/C15H22N2OS/c18-12-14-4-5-15(19-14)17-10-6-13(7-11-17)16-8-2-1-3-9-16/h4-5,12-13H,1-3,6-11H2. The number of nitrogens with zero attached hydrogens (tertiary/aromatic N) is 2. The summed E-state index contributed by atoms with van der Waals surface area (Å²) >= 11 is 1.62. The molecule has 0 bridgehead atoms. The summed E-state index contributed by atoms with van der Waals surface area (Å²) in [5.74, 6) is 0. The molecule has 3 nitrogen and oxygen atoms in total. The largest absolute Gasteiger partial charge is 0.363 e. The highest BCUT2D eigenvalue weighted by Gasteiger charge is 2.26. The molecule has 1 aromatic rings. The minimum Gasteiger partial charge on any atom is -0.363 e. The minimum absolute atomic E-state index is 0.794. The number of carbonyl (C=O) groups excluding carboxylic acids is 1. The molecule has 2 saturated heterocycles. The van der Waals surface area contributed by atoms with Crippen molar-refractivity contribution < 1.29 is 4.79 Å². The van der Waals surface area contributed by atoms with Crippen LogP contribution in [0.1, 0.15) is 41.8 Å². The third-order valence-corrected chi connectivity index (χ3v) is 5.48. The summed E-state index contributed by atoms with van der Waals surface area (Å²) in [6, 6.07) is 4.82. The Balaban J connectivity index is 1.55. The lowest BCUT2D eigenvalue weighted by Gasteiger charge is -2.40. The van der Waals surface area contributed by atoms with Gasteiger partial charge in [0.05, 0.1) is 9.88 Å². The molecule has 4 heteroatoms. The highest BCUT2D eigenvalue weighted by molar-refractivity contribution is 7.17. The monoisotopic (exact) mass is 278 g/mol. The van der Waals surface area contributed by atoms with Crippen molar-refractivity contribution in [3.05, 3.63) is 17.0 Å². The molecule has 2 aliphatic rings. The smallest absolute Gasteiger partial charge is 0.160 e. The number of carbonyl (C=O) groups is 1. The lowest BCUT2D eigenvalue weighted by atomic mass is 10.00. The summed E-state index contributed by atoms with van der Waals surface area (Å²) in [5.41, 5.74) is 0. The van der Waals surface area contributed by atoms with Gasteiger partial charge in [-0.2, -0.15) is 0 Å². The first-order valence-electron chi connectivity index (χ1n) is 7.41. The predicted octanol–water partition coefficient (Wildman–Crippen LogP) is 3.02. The number of hydrogen-bond acceptors (Lipinski definition) is 4. The van der Waals surface area contributed by atoms with Crippen LogP contribution in [0, 0.1) is 0 Å². The van der Waals surface area contributed by atoms with E-state index in [1.807, 2.05) is 6.07 Å². The van der Waals surface area contributed by atoms with E-state index in [0.29, 0.717) is 0 Å². The van der Waals surface area contributed by atoms with Gasteiger partial charge in [0.25, 0.3) is 0 Å². The van der Waals surface area contributed by atoms with Gasteiger partial charge >= 0.3 is 0 Å². The van der Waals surface area contributed by atoms with Gasteiger partial charge in [-0.25, -0.2) is 0 Å². The lowest BCUT2D eigenvalue weighted by Crippen LogP contribution is -2.46. The fourth-order valence-corrected chi connectivity index (χ4v) is 4.18. The van der Waals surface area contributed by atoms with E-state index in [4.69, 9.17) is 0 Å². The Labute approximate surface area is 119 Å². The average Bonchev–Trinajstić information content (AvgIpc) is 2.97. The molecule has 1 aromatic heterocycles. The number of aldehydes is 1. The van der Waals surface area contributed by atoms with Crippen LogP contribution >= 0.6 is 11.3 Å². The molecule has 0 unspecified atom stereocenters. The van der Waals surface area contributed by atoms with Crippen molar-refractivity contribution in [3.8, 4) is 0 Å². The SMILES string of the molecule is O=Cc1ccc(N2CCC(N3CCCCC3)CC2)s1. The van der Waals surface area contributed by atoms with Crippen molar-refractivity contribution in [2.75, 3.05) is 31.1 Å². The summed E-state index contributed by atoms with van der Waals surface area (Å²) in [6.45, 7) is 4.89. The van der Waals surface area contributed by atoms with E-state index < -0.39 is 0 Å². The van der Waals surface area contributed by atoms with Crippen LogP contribution in [0.5, 0.6) is 0 Å². The van der Waals surface area contributed by atoms with Crippen LogP contribution in [0.25, 0.3) is 0 Å². The van der Waals surface area contributed by atoms with E-state index in [9.17, 15) is 4.79 Å². The predicted molar refractivity (Wildman–Crippen MR) is 80.4 cm³/mol. The molecule has 0 atom stereocenters. The maximum Gasteiger partial charge on any atom is 0.160 e. The molecule has 19 heavy (non-hydrogen) atoms. The van der Waals surface area contributed by atoms with E-state index in [1.165, 1.54) is 50.2 Å². The lowest BCUT2D eigenvalue weighted by molar-refractivity contribution is 0.112. The Bertz CT molecular complexity index is 418. The second kappa shape index (κ2) is 6.06. The summed E-state index contributed by atoms with van der Waals surface area (Å²) in [6.07, 6.45) is 7.68. The van der Waals surface area contributed by atoms with E-state index >= 15 is 0 Å². The van der Waals surface area contributed by atoms with Crippen LogP contribution in [0.3, 0.4) is 0 Å². The maximum absolute atomic E-state index is 10.7. The fourth-order valence-electron chi connectivity index (χ4n) is 3.31. The Morgan fingerprint density at radius 3 is 2.42 bits per heavy atom. The van der Waals surface area contributed by atoms with Crippen LogP contribution in [-0.2, 0) is 0 Å². The summed E-state index contributed by atoms with van der Waals surface area (Å²) in [7, 11) is 0. The first-order valence-corrected chi connectivity index (χ1v) is 8.22. The van der Waals surface area contributed by atoms with Crippen molar-refractivity contribution in [3.63, 3.8) is 0 Å². The molecule has 0 N–H and O–H groups in total. The maximum atomic E-state index is 10.7. The van der Waals surface area contributed by atoms with Gasteiger partial charge in [0, 0.05) is 19.1 Å². The van der Waals surface area contributed by atoms with Crippen LogP contribution in [0.2, 0.25) is 0 Å². The average molecular weight is 278 g/mol. The molecular formula is C15H22N2OS. The van der Waals surface area contributed by atoms with Crippen molar-refractivity contribution in [2.24, 2.45) is 0 Å². The molecule has 2 fully saturated rings. The number of hydrogen-bond donors (Lipinski definition) is 0. The number of likely N-dealkylation sites (tertiary alicyclic amines) is 1. The minimum atomic E-state index is 0.794. The molecule has 104 valence electrons. The molecule has 0 saturated carbocycles. The normalized spacial score (nSPS) is 22.6. The van der Waals surface area contributed by atoms with Crippen molar-refractivity contribution in [1.82, 2.24) is 4.90 Å². The van der Waals surface area contributed by atoms with Gasteiger partial charge in [0.15, 0.2) is 6.29 Å². The summed E-state index contributed by atoms with van der Waals surface area (Å²) < 4.78 is 0. The van der Waals surface area contributed by atoms with Crippen molar-refractivity contribution >= 4 is 22.6 Å². The summed E-state index contributed by atoms with van der Waals surface area (Å²) in [4.78, 5) is 16.7. The fraction of sp³-hybridized carbons (Fsp3) is 0.667. The quantitative estimate of drug-likeness (QED) is 0.794. The topological polar surface area (TPSA) is 23.6 Å². The van der Waals surface area contributed by atoms with Gasteiger partial charge in [-0.1, -0.05) is 6.42 Å². The van der Waals surface area contributed by atoms with Crippen molar-refractivity contribution in [2.45, 2.75) is 38.1 Å².